The second-order valence-corrected chi connectivity index (χ2v) is 24.7. The molecule has 0 spiro atoms. The van der Waals surface area contributed by atoms with Gasteiger partial charge >= 0.3 is 12.1 Å². The molecule has 10 heterocycles. The fraction of sp³-hybridized carbons (Fsp3) is 0.541. The van der Waals surface area contributed by atoms with Crippen LogP contribution in [0.4, 0.5) is 15.0 Å². The van der Waals surface area contributed by atoms with Crippen LogP contribution in [-0.4, -0.2) is 152 Å². The Bertz CT molecular complexity index is 3270. The molecule has 7 aliphatic rings. The number of ether oxygens (including phenoxy) is 3. The number of thiazole rings is 1. The number of benzene rings is 2. The number of pyridine rings is 1. The van der Waals surface area contributed by atoms with E-state index in [9.17, 15) is 19.5 Å². The zero-order valence-electron chi connectivity index (χ0n) is 48.0. The van der Waals surface area contributed by atoms with Gasteiger partial charge in [0.25, 0.3) is 5.88 Å². The monoisotopic (exact) mass is 1180 g/mol. The third-order valence-electron chi connectivity index (χ3n) is 17.3. The minimum Gasteiger partial charge on any atom is -0.508 e. The first-order valence-electron chi connectivity index (χ1n) is 29.5. The summed E-state index contributed by atoms with van der Waals surface area (Å²) in [6, 6.07) is 14.0. The van der Waals surface area contributed by atoms with Crippen molar-refractivity contribution in [3.63, 3.8) is 0 Å². The third kappa shape index (κ3) is 12.7. The van der Waals surface area contributed by atoms with E-state index in [-0.39, 0.29) is 83.7 Å². The van der Waals surface area contributed by atoms with Crippen molar-refractivity contribution in [2.24, 2.45) is 0 Å². The average Bonchev–Trinajstić information content (AvgIpc) is 2.91. The van der Waals surface area contributed by atoms with Gasteiger partial charge < -0.3 is 49.2 Å². The van der Waals surface area contributed by atoms with Crippen molar-refractivity contribution in [2.75, 3.05) is 57.4 Å². The molecule has 22 heteroatoms. The number of likely N-dealkylation sites (tertiary alicyclic amines) is 2. The quantitative estimate of drug-likeness (QED) is 0.0769. The first-order valence-corrected chi connectivity index (χ1v) is 30.8. The van der Waals surface area contributed by atoms with Crippen LogP contribution in [0.5, 0.6) is 17.6 Å². The van der Waals surface area contributed by atoms with Crippen molar-refractivity contribution in [3.05, 3.63) is 87.6 Å². The number of hydrogen-bond donors (Lipinski definition) is 3. The molecule has 6 aromatic rings. The Balaban J connectivity index is 0.000000306. The molecule has 1 aliphatic carbocycles. The summed E-state index contributed by atoms with van der Waals surface area (Å²) in [4.78, 5) is 64.1. The molecular formula is C61H75ClFN11O8S. The van der Waals surface area contributed by atoms with Crippen molar-refractivity contribution in [1.82, 2.24) is 50.4 Å². The van der Waals surface area contributed by atoms with Gasteiger partial charge in [-0.25, -0.2) is 14.2 Å². The van der Waals surface area contributed by atoms with E-state index >= 15 is 4.39 Å². The predicted octanol–water partition coefficient (Wildman–Crippen LogP) is 10.2. The van der Waals surface area contributed by atoms with Crippen LogP contribution < -0.4 is 25.0 Å². The molecule has 4 aromatic heterocycles. The van der Waals surface area contributed by atoms with Gasteiger partial charge in [-0.3, -0.25) is 19.5 Å². The van der Waals surface area contributed by atoms with Gasteiger partial charge in [0, 0.05) is 66.7 Å². The van der Waals surface area contributed by atoms with Gasteiger partial charge in [0.15, 0.2) is 5.82 Å². The molecule has 0 radical (unpaired) electrons. The van der Waals surface area contributed by atoms with Gasteiger partial charge in [0.1, 0.15) is 47.9 Å². The molecule has 2 bridgehead atoms. The summed E-state index contributed by atoms with van der Waals surface area (Å²) < 4.78 is 40.7. The van der Waals surface area contributed by atoms with Crippen LogP contribution in [0.25, 0.3) is 32.6 Å². The van der Waals surface area contributed by atoms with Gasteiger partial charge in [0.05, 0.1) is 52.6 Å². The molecule has 83 heavy (non-hydrogen) atoms. The number of halogens is 2. The predicted molar refractivity (Wildman–Crippen MR) is 315 cm³/mol. The number of aromatic nitrogens is 5. The van der Waals surface area contributed by atoms with E-state index in [1.54, 1.807) is 34.6 Å². The zero-order chi connectivity index (χ0) is 57.9. The van der Waals surface area contributed by atoms with Crippen LogP contribution in [-0.2, 0) is 20.7 Å². The molecule has 6 saturated heterocycles. The Labute approximate surface area is 492 Å². The summed E-state index contributed by atoms with van der Waals surface area (Å²) in [6.45, 7) is 14.6. The lowest BCUT2D eigenvalue weighted by atomic mass is 9.95. The van der Waals surface area contributed by atoms with Crippen LogP contribution in [0.2, 0.25) is 5.02 Å². The molecule has 19 nitrogen and oxygen atoms in total. The van der Waals surface area contributed by atoms with Gasteiger partial charge in [-0.15, -0.1) is 11.3 Å². The van der Waals surface area contributed by atoms with Crippen LogP contribution in [0.3, 0.4) is 0 Å². The largest absolute Gasteiger partial charge is 0.508 e. The summed E-state index contributed by atoms with van der Waals surface area (Å²) >= 11 is 8.28. The topological polar surface area (TPSA) is 214 Å². The highest BCUT2D eigenvalue weighted by atomic mass is 35.5. The number of phenolic OH excluding ortho intramolecular Hbond substituents is 1. The zero-order valence-corrected chi connectivity index (χ0v) is 49.5. The number of aryl methyl sites for hydroxylation is 1. The maximum Gasteiger partial charge on any atom is 0.410 e. The van der Waals surface area contributed by atoms with Gasteiger partial charge in [-0.1, -0.05) is 56.1 Å². The summed E-state index contributed by atoms with van der Waals surface area (Å²) in [5.74, 6) is 0.918. The van der Waals surface area contributed by atoms with Crippen molar-refractivity contribution < 1.29 is 42.6 Å². The first kappa shape index (κ1) is 58.1. The number of nitrogens with zero attached hydrogens (tertiary/aromatic N) is 9. The molecule has 6 aliphatic heterocycles. The molecular weight excluding hydrogens is 1100 g/mol. The lowest BCUT2D eigenvalue weighted by molar-refractivity contribution is -0.131. The molecule has 3 amide bonds. The highest BCUT2D eigenvalue weighted by molar-refractivity contribution is 7.13. The molecule has 1 saturated carbocycles. The minimum atomic E-state index is -0.603. The number of aromatic hydroxyl groups is 1. The fourth-order valence-corrected chi connectivity index (χ4v) is 14.0. The van der Waals surface area contributed by atoms with E-state index < -0.39 is 5.82 Å². The van der Waals surface area contributed by atoms with Crippen molar-refractivity contribution >= 4 is 58.1 Å². The average molecular weight is 1180 g/mol. The number of fused-ring (bicyclic) bond motifs is 4. The lowest BCUT2D eigenvalue weighted by Gasteiger charge is -2.38. The molecule has 6 atom stereocenters. The Morgan fingerprint density at radius 2 is 1.77 bits per heavy atom. The normalized spacial score (nSPS) is 23.2. The number of hydrogen-bond acceptors (Lipinski definition) is 17. The second kappa shape index (κ2) is 25.3. The van der Waals surface area contributed by atoms with Crippen LogP contribution in [0.1, 0.15) is 133 Å². The lowest BCUT2D eigenvalue weighted by Crippen LogP contribution is -2.56. The number of carbonyl (C=O) groups excluding carboxylic acids is 3. The molecule has 7 fully saturated rings. The maximum absolute atomic E-state index is 17.0. The standard InChI is InChI=1S/C45H53ClFN9O7.C13H14N2OS.C3H8/c1-25-4-2-12-55(25)37(58)17-31-16-36(52-63-31)62-32-21-54(22-32)44(59)60-23-29-9-11-45(10-3-13-56(29)45)24-61-43-50-41-34(42(51-43)53-19-27-7-8-28(20-53)49-27)18-48-40(39(41)47)33-14-30(57)15-35(46)38(33)26-5-6-26;1-9(14-7-16)11-3-5-12(6-4-11)13-10(2)15-8-17-13;1-3-2/h14-16,18,25-29,32,49,57H,2-13,17,19-24H2,1H3;3-9H,1-2H3,(H,14,16);3H2,1-2H3. The first-order chi connectivity index (χ1) is 40.2. The third-order valence-corrected chi connectivity index (χ3v) is 18.6. The van der Waals surface area contributed by atoms with Crippen LogP contribution in [0.15, 0.2) is 58.7 Å². The fourth-order valence-electron chi connectivity index (χ4n) is 12.8. The number of piperazine rings is 1. The van der Waals surface area contributed by atoms with E-state index in [1.165, 1.54) is 22.9 Å². The minimum absolute atomic E-state index is 0.0240. The molecule has 2 aromatic carbocycles. The van der Waals surface area contributed by atoms with Gasteiger partial charge in [-0.05, 0) is 131 Å². The number of amides is 3. The number of nitrogens with one attached hydrogen (secondary N) is 2. The summed E-state index contributed by atoms with van der Waals surface area (Å²) in [5, 5.41) is 21.8. The Morgan fingerprint density at radius 1 is 1.00 bits per heavy atom. The van der Waals surface area contributed by atoms with Crippen LogP contribution in [0, 0.1) is 12.7 Å². The van der Waals surface area contributed by atoms with Crippen LogP contribution >= 0.6 is 22.9 Å². The van der Waals surface area contributed by atoms with Crippen molar-refractivity contribution in [3.8, 4) is 39.3 Å². The smallest absolute Gasteiger partial charge is 0.410 e. The maximum atomic E-state index is 17.0. The van der Waals surface area contributed by atoms with Gasteiger partial charge in [-0.2, -0.15) is 9.97 Å². The highest BCUT2D eigenvalue weighted by Crippen LogP contribution is 2.50. The van der Waals surface area contributed by atoms with E-state index in [0.29, 0.717) is 65.2 Å². The van der Waals surface area contributed by atoms with E-state index in [2.05, 4.69) is 68.5 Å². The van der Waals surface area contributed by atoms with E-state index in [0.717, 1.165) is 114 Å². The molecule has 3 N–H and O–H groups in total. The Hall–Kier alpha value is -6.68. The molecule has 442 valence electrons. The van der Waals surface area contributed by atoms with E-state index in [1.807, 2.05) is 36.4 Å². The van der Waals surface area contributed by atoms with Crippen molar-refractivity contribution in [1.29, 1.82) is 0 Å². The summed E-state index contributed by atoms with van der Waals surface area (Å²) in [7, 11) is 0. The summed E-state index contributed by atoms with van der Waals surface area (Å²) in [6.07, 6.45) is 12.7. The highest BCUT2D eigenvalue weighted by Gasteiger charge is 2.51. The van der Waals surface area contributed by atoms with Gasteiger partial charge in [0.2, 0.25) is 12.3 Å². The molecule has 13 rings (SSSR count). The number of anilines is 1. The Morgan fingerprint density at radius 3 is 2.47 bits per heavy atom. The summed E-state index contributed by atoms with van der Waals surface area (Å²) in [5.41, 5.74) is 6.37. The number of rotatable bonds is 16. The molecule has 6 unspecified atom stereocenters. The Kier molecular flexibility index (Phi) is 17.7. The number of carbonyl (C=O) groups is 3. The SMILES string of the molecule is CC1CCCN1C(=O)Cc1cc(OC2CN(C(=O)OCC3CCC4(COc5nc(N6CC7CCC(C6)N7)c6cnc(-c7cc(O)cc(Cl)c7C7CC7)c(F)c6n5)CCCN34)C2)no1.CCC.Cc1ncsc1-c1ccc(C(C)NC=O)cc1. The number of phenols is 1. The second-order valence-electron chi connectivity index (χ2n) is 23.4. The van der Waals surface area contributed by atoms with E-state index in [4.69, 9.17) is 40.3 Å². The van der Waals surface area contributed by atoms with Crippen molar-refractivity contribution in [2.45, 2.75) is 159 Å².